The van der Waals surface area contributed by atoms with Gasteiger partial charge in [-0.05, 0) is 39.0 Å². The van der Waals surface area contributed by atoms with E-state index in [4.69, 9.17) is 0 Å². The maximum Gasteiger partial charge on any atom is 0.0889 e. The molecule has 0 bridgehead atoms. The van der Waals surface area contributed by atoms with Gasteiger partial charge in [0.1, 0.15) is 0 Å². The monoisotopic (exact) mass is 189 g/mol. The molecule has 1 saturated carbocycles. The van der Waals surface area contributed by atoms with Crippen LogP contribution in [0, 0.1) is 5.92 Å². The van der Waals surface area contributed by atoms with E-state index in [0.29, 0.717) is 0 Å². The zero-order valence-electron chi connectivity index (χ0n) is 7.93. The number of hydrogen-bond donors (Lipinski definition) is 1. The molecule has 1 saturated heterocycles. The minimum Gasteiger partial charge on any atom is -1.00 e. The Kier molecular flexibility index (Phi) is 3.85. The summed E-state index contributed by atoms with van der Waals surface area (Å²) >= 11 is 0. The van der Waals surface area contributed by atoms with E-state index in [2.05, 4.69) is 12.2 Å². The lowest BCUT2D eigenvalue weighted by atomic mass is 9.78. The van der Waals surface area contributed by atoms with Crippen LogP contribution in [0.1, 0.15) is 45.4 Å². The first-order valence-corrected chi connectivity index (χ1v) is 5.21. The third-order valence-electron chi connectivity index (χ3n) is 3.54. The molecule has 1 nitrogen and oxygen atoms in total. The van der Waals surface area contributed by atoms with Gasteiger partial charge < -0.3 is 17.7 Å². The normalized spacial score (nSPS) is 41.2. The average molecular weight is 190 g/mol. The molecular formula is C10H20ClN. The lowest BCUT2D eigenvalue weighted by molar-refractivity contribution is -0.735. The number of rotatable bonds is 0. The Balaban J connectivity index is 0.000000720. The van der Waals surface area contributed by atoms with Crippen LogP contribution in [0.25, 0.3) is 0 Å². The fourth-order valence-electron chi connectivity index (χ4n) is 2.84. The molecule has 72 valence electrons. The molecular weight excluding hydrogens is 170 g/mol. The van der Waals surface area contributed by atoms with Crippen molar-refractivity contribution >= 4 is 0 Å². The molecule has 0 spiro atoms. The third kappa shape index (κ3) is 2.14. The van der Waals surface area contributed by atoms with Gasteiger partial charge in [0.15, 0.2) is 0 Å². The Hall–Kier alpha value is 0.250. The van der Waals surface area contributed by atoms with Crippen LogP contribution in [-0.4, -0.2) is 12.1 Å². The molecule has 0 aromatic heterocycles. The molecule has 2 fully saturated rings. The highest BCUT2D eigenvalue weighted by atomic mass is 35.5. The molecule has 2 aliphatic rings. The van der Waals surface area contributed by atoms with Crippen LogP contribution in [0.4, 0.5) is 0 Å². The zero-order valence-corrected chi connectivity index (χ0v) is 8.69. The van der Waals surface area contributed by atoms with E-state index in [1.807, 2.05) is 0 Å². The summed E-state index contributed by atoms with van der Waals surface area (Å²) in [6.45, 7) is 2.38. The van der Waals surface area contributed by atoms with Gasteiger partial charge in [-0.3, -0.25) is 0 Å². The van der Waals surface area contributed by atoms with Gasteiger partial charge in [-0.25, -0.2) is 0 Å². The Labute approximate surface area is 81.7 Å². The number of quaternary nitrogens is 1. The Morgan fingerprint density at radius 3 is 2.58 bits per heavy atom. The minimum atomic E-state index is 0. The minimum absolute atomic E-state index is 0. The van der Waals surface area contributed by atoms with Gasteiger partial charge in [0.25, 0.3) is 0 Å². The molecule has 1 aliphatic heterocycles. The van der Waals surface area contributed by atoms with E-state index < -0.39 is 0 Å². The highest BCUT2D eigenvalue weighted by Crippen LogP contribution is 2.28. The number of fused-ring (bicyclic) bond motifs is 1. The summed E-state index contributed by atoms with van der Waals surface area (Å²) in [4.78, 5) is 0. The van der Waals surface area contributed by atoms with Crippen LogP contribution in [0.5, 0.6) is 0 Å². The molecule has 0 radical (unpaired) electrons. The molecule has 2 heteroatoms. The van der Waals surface area contributed by atoms with Gasteiger partial charge in [-0.2, -0.15) is 0 Å². The quantitative estimate of drug-likeness (QED) is 0.468. The van der Waals surface area contributed by atoms with Crippen molar-refractivity contribution in [3.8, 4) is 0 Å². The van der Waals surface area contributed by atoms with E-state index in [-0.39, 0.29) is 12.4 Å². The van der Waals surface area contributed by atoms with Crippen LogP contribution in [-0.2, 0) is 0 Å². The number of halogens is 1. The highest BCUT2D eigenvalue weighted by Gasteiger charge is 2.32. The Morgan fingerprint density at radius 2 is 1.75 bits per heavy atom. The first-order chi connectivity index (χ1) is 5.36. The summed E-state index contributed by atoms with van der Waals surface area (Å²) in [6.07, 6.45) is 8.99. The number of nitrogens with two attached hydrogens (primary N) is 1. The van der Waals surface area contributed by atoms with Gasteiger partial charge in [0.05, 0.1) is 12.1 Å². The van der Waals surface area contributed by atoms with Crippen molar-refractivity contribution in [1.82, 2.24) is 0 Å². The van der Waals surface area contributed by atoms with Crippen LogP contribution in [0.3, 0.4) is 0 Å². The van der Waals surface area contributed by atoms with Gasteiger partial charge in [-0.1, -0.05) is 6.42 Å². The summed E-state index contributed by atoms with van der Waals surface area (Å²) in [5.74, 6) is 1.08. The molecule has 2 N–H and O–H groups in total. The molecule has 12 heavy (non-hydrogen) atoms. The van der Waals surface area contributed by atoms with E-state index in [0.717, 1.165) is 18.0 Å². The second-order valence-corrected chi connectivity index (χ2v) is 4.46. The smallest absolute Gasteiger partial charge is 0.0889 e. The molecule has 0 amide bonds. The first kappa shape index (κ1) is 10.3. The Morgan fingerprint density at radius 1 is 1.00 bits per heavy atom. The Bertz CT molecular complexity index is 138. The molecule has 2 rings (SSSR count). The van der Waals surface area contributed by atoms with Crippen LogP contribution >= 0.6 is 0 Å². The number of piperidine rings is 1. The van der Waals surface area contributed by atoms with Crippen molar-refractivity contribution in [2.75, 3.05) is 0 Å². The summed E-state index contributed by atoms with van der Waals surface area (Å²) in [5.41, 5.74) is 0. The SMILES string of the molecule is C[C@@H]1CC[C@H]2CCCC[C@@H]2[NH2+]1.[Cl-]. The molecule has 0 aromatic rings. The zero-order chi connectivity index (χ0) is 7.68. The largest absolute Gasteiger partial charge is 1.00 e. The van der Waals surface area contributed by atoms with Crippen molar-refractivity contribution in [3.05, 3.63) is 0 Å². The molecule has 1 aliphatic carbocycles. The van der Waals surface area contributed by atoms with Crippen molar-refractivity contribution in [2.45, 2.75) is 57.5 Å². The maximum absolute atomic E-state index is 2.63. The van der Waals surface area contributed by atoms with Crippen molar-refractivity contribution < 1.29 is 17.7 Å². The van der Waals surface area contributed by atoms with Crippen molar-refractivity contribution in [2.24, 2.45) is 5.92 Å². The summed E-state index contributed by atoms with van der Waals surface area (Å²) in [6, 6.07) is 1.92. The van der Waals surface area contributed by atoms with Crippen molar-refractivity contribution in [3.63, 3.8) is 0 Å². The van der Waals surface area contributed by atoms with Crippen LogP contribution in [0.2, 0.25) is 0 Å². The van der Waals surface area contributed by atoms with E-state index in [1.54, 1.807) is 0 Å². The summed E-state index contributed by atoms with van der Waals surface area (Å²) in [5, 5.41) is 2.63. The van der Waals surface area contributed by atoms with Gasteiger partial charge in [-0.15, -0.1) is 0 Å². The second-order valence-electron chi connectivity index (χ2n) is 4.46. The highest BCUT2D eigenvalue weighted by molar-refractivity contribution is 4.77. The predicted octanol–water partition coefficient (Wildman–Crippen LogP) is -1.71. The summed E-state index contributed by atoms with van der Waals surface area (Å²) in [7, 11) is 0. The molecule has 0 unspecified atom stereocenters. The van der Waals surface area contributed by atoms with Gasteiger partial charge >= 0.3 is 0 Å². The summed E-state index contributed by atoms with van der Waals surface area (Å²) < 4.78 is 0. The van der Waals surface area contributed by atoms with E-state index in [9.17, 15) is 0 Å². The van der Waals surface area contributed by atoms with Gasteiger partial charge in [0, 0.05) is 5.92 Å². The fourth-order valence-corrected chi connectivity index (χ4v) is 2.84. The maximum atomic E-state index is 2.63. The lowest BCUT2D eigenvalue weighted by Crippen LogP contribution is -3.00. The second kappa shape index (κ2) is 4.48. The standard InChI is InChI=1S/C10H19N.ClH/c1-8-6-7-9-4-2-3-5-10(9)11-8;/h8-11H,2-7H2,1H3;1H/t8-,9-,10+;/m1./s1. The van der Waals surface area contributed by atoms with Crippen LogP contribution < -0.4 is 17.7 Å². The van der Waals surface area contributed by atoms with Gasteiger partial charge in [0.2, 0.25) is 0 Å². The lowest BCUT2D eigenvalue weighted by Gasteiger charge is -2.36. The fraction of sp³-hybridized carbons (Fsp3) is 1.00. The topological polar surface area (TPSA) is 16.6 Å². The average Bonchev–Trinajstić information content (AvgIpc) is 2.04. The van der Waals surface area contributed by atoms with E-state index >= 15 is 0 Å². The molecule has 0 aromatic carbocycles. The first-order valence-electron chi connectivity index (χ1n) is 5.21. The van der Waals surface area contributed by atoms with Crippen LogP contribution in [0.15, 0.2) is 0 Å². The molecule has 1 heterocycles. The number of hydrogen-bond acceptors (Lipinski definition) is 0. The van der Waals surface area contributed by atoms with E-state index in [1.165, 1.54) is 38.5 Å². The predicted molar refractivity (Wildman–Crippen MR) is 46.4 cm³/mol. The van der Waals surface area contributed by atoms with Crippen molar-refractivity contribution in [1.29, 1.82) is 0 Å². The molecule has 3 atom stereocenters. The third-order valence-corrected chi connectivity index (χ3v) is 3.54.